The molecule has 2 rings (SSSR count). The highest BCUT2D eigenvalue weighted by Gasteiger charge is 2.16. The fourth-order valence-electron chi connectivity index (χ4n) is 1.19. The molecule has 1 atom stereocenters. The number of hydrogen-bond donors (Lipinski definition) is 0. The molecule has 2 heteroatoms. The van der Waals surface area contributed by atoms with Gasteiger partial charge in [0.05, 0.1) is 23.0 Å². The third kappa shape index (κ3) is 3.92. The van der Waals surface area contributed by atoms with Gasteiger partial charge in [-0.2, -0.15) is 0 Å². The van der Waals surface area contributed by atoms with Gasteiger partial charge in [-0.25, -0.2) is 0 Å². The van der Waals surface area contributed by atoms with E-state index in [1.807, 2.05) is 0 Å². The molecule has 0 N–H and O–H groups in total. The fourth-order valence-corrected chi connectivity index (χ4v) is 1.19. The average Bonchev–Trinajstić information content (AvgIpc) is 2.78. The molecule has 0 saturated carbocycles. The van der Waals surface area contributed by atoms with Crippen LogP contribution in [0.2, 0.25) is 0 Å². The summed E-state index contributed by atoms with van der Waals surface area (Å²) < 4.78 is 189. The van der Waals surface area contributed by atoms with Gasteiger partial charge in [-0.15, -0.1) is 0 Å². The van der Waals surface area contributed by atoms with Crippen molar-refractivity contribution in [2.24, 2.45) is 0 Å². The van der Waals surface area contributed by atoms with Crippen molar-refractivity contribution in [3.05, 3.63) is 71.1 Å². The van der Waals surface area contributed by atoms with E-state index in [9.17, 15) is 0 Å². The Morgan fingerprint density at radius 3 is 2.70 bits per heavy atom. The molecule has 0 aliphatic heterocycles. The molecule has 0 fully saturated rings. The predicted octanol–water partition coefficient (Wildman–Crippen LogP) is 3.66. The normalized spacial score (nSPS) is 34.1. The summed E-state index contributed by atoms with van der Waals surface area (Å²) in [6, 6.07) is -11.4. The summed E-state index contributed by atoms with van der Waals surface area (Å²) in [6.07, 6.45) is -4.00. The van der Waals surface area contributed by atoms with Gasteiger partial charge in [-0.05, 0) is 37.5 Å². The molecule has 20 heavy (non-hydrogen) atoms. The van der Waals surface area contributed by atoms with Crippen molar-refractivity contribution in [1.82, 2.24) is 4.90 Å². The lowest BCUT2D eigenvalue weighted by atomic mass is 9.97. The number of rotatable bonds is 6. The van der Waals surface area contributed by atoms with Crippen LogP contribution in [0.3, 0.4) is 0 Å². The highest BCUT2D eigenvalue weighted by atomic mass is 16.5. The van der Waals surface area contributed by atoms with E-state index in [0.29, 0.717) is 0 Å². The lowest BCUT2D eigenvalue weighted by Gasteiger charge is -2.22. The second-order valence-corrected chi connectivity index (χ2v) is 3.23. The minimum atomic E-state index is -4.39. The van der Waals surface area contributed by atoms with Crippen LogP contribution >= 0.6 is 0 Å². The standard InChI is InChI=1S/C18H23NO/c1-15-9-7-8-12-17(15)18(20-14-13-19(2)3)16-10-5-4-6-11-16/h4-12,18H,13-14H2,1-3H3/i1D3,2D3,3D3,4D,5D,6D,7D,8D,9D,10D,11D,12D,13D2,14D2,18D. The zero-order valence-corrected chi connectivity index (χ0v) is 9.86. The van der Waals surface area contributed by atoms with E-state index in [4.69, 9.17) is 36.3 Å². The first-order valence-corrected chi connectivity index (χ1v) is 5.08. The van der Waals surface area contributed by atoms with E-state index in [-0.39, 0.29) is 0 Å². The summed E-state index contributed by atoms with van der Waals surface area (Å²) in [7, 11) is 0. The van der Waals surface area contributed by atoms with Crippen molar-refractivity contribution in [3.8, 4) is 0 Å². The second-order valence-electron chi connectivity index (χ2n) is 3.23. The van der Waals surface area contributed by atoms with Crippen LogP contribution in [0.25, 0.3) is 0 Å². The van der Waals surface area contributed by atoms with Crippen LogP contribution in [0.5, 0.6) is 0 Å². The van der Waals surface area contributed by atoms with E-state index in [1.165, 1.54) is 0 Å². The molecule has 2 aromatic rings. The van der Waals surface area contributed by atoms with Gasteiger partial charge in [-0.1, -0.05) is 54.4 Å². The van der Waals surface area contributed by atoms with Gasteiger partial charge >= 0.3 is 0 Å². The first-order valence-electron chi connectivity index (χ1n) is 16.6. The molecule has 0 heterocycles. The van der Waals surface area contributed by atoms with E-state index in [2.05, 4.69) is 0 Å². The van der Waals surface area contributed by atoms with Crippen LogP contribution in [0, 0.1) is 6.85 Å². The average molecular weight is 293 g/mol. The molecule has 0 radical (unpaired) electrons. The zero-order valence-electron chi connectivity index (χ0n) is 32.9. The maximum Gasteiger partial charge on any atom is 0.108 e. The molecule has 2 nitrogen and oxygen atoms in total. The number of ether oxygens (including phenoxy) is 1. The van der Waals surface area contributed by atoms with Crippen molar-refractivity contribution in [1.29, 1.82) is 0 Å². The minimum absolute atomic E-state index is 0.916. The van der Waals surface area contributed by atoms with Gasteiger partial charge in [-0.3, -0.25) is 0 Å². The summed E-state index contributed by atoms with van der Waals surface area (Å²) in [6.45, 7) is -20.1. The summed E-state index contributed by atoms with van der Waals surface area (Å²) in [4.78, 5) is -0.916. The summed E-state index contributed by atoms with van der Waals surface area (Å²) in [5.41, 5.74) is -4.44. The van der Waals surface area contributed by atoms with Gasteiger partial charge in [0.2, 0.25) is 0 Å². The van der Waals surface area contributed by atoms with Gasteiger partial charge in [0.1, 0.15) is 6.08 Å². The van der Waals surface area contributed by atoms with Crippen LogP contribution in [-0.2, 0) is 4.74 Å². The largest absolute Gasteiger partial charge is 0.367 e. The number of nitrogens with zero attached hydrogens (tertiary/aromatic N) is 1. The molecular formula is C18H23NO. The Hall–Kier alpha value is -1.64. The SMILES string of the molecule is [2H]c1c([2H])c([2H])c(C([2H])(OC([2H])([2H])C([2H])([2H])N(C([2H])([2H])[2H])C([2H])([2H])[2H])c2c([2H])c([2H])c([2H])c([2H])c2C([2H])([2H])[2H])c([2H])c1[2H]. The van der Waals surface area contributed by atoms with Crippen LogP contribution in [0.15, 0.2) is 54.4 Å². The van der Waals surface area contributed by atoms with Crippen LogP contribution < -0.4 is 0 Å². The molecular weight excluding hydrogens is 246 g/mol. The zero-order chi connectivity index (χ0) is 34.2. The minimum Gasteiger partial charge on any atom is -0.367 e. The predicted molar refractivity (Wildman–Crippen MR) is 84.0 cm³/mol. The van der Waals surface area contributed by atoms with E-state index >= 15 is 0 Å². The Labute approximate surface area is 154 Å². The van der Waals surface area contributed by atoms with E-state index in [0.717, 1.165) is 0 Å². The van der Waals surface area contributed by atoms with Gasteiger partial charge in [0, 0.05) is 21.6 Å². The first-order chi connectivity index (χ1) is 18.9. The summed E-state index contributed by atoms with van der Waals surface area (Å²) >= 11 is 0. The smallest absolute Gasteiger partial charge is 0.108 e. The molecule has 0 aliphatic rings. The molecule has 0 amide bonds. The number of benzene rings is 2. The van der Waals surface area contributed by atoms with Crippen LogP contribution in [-0.4, -0.2) is 31.9 Å². The Bertz CT molecular complexity index is 1380. The molecule has 0 spiro atoms. The molecule has 0 aromatic heterocycles. The molecule has 0 aliphatic carbocycles. The number of likely N-dealkylation sites (N-methyl/N-ethyl adjacent to an activating group) is 1. The van der Waals surface area contributed by atoms with Crippen molar-refractivity contribution in [3.63, 3.8) is 0 Å². The van der Waals surface area contributed by atoms with Crippen LogP contribution in [0.1, 0.15) is 54.3 Å². The Balaban J connectivity index is 3.28. The maximum atomic E-state index is 9.17. The molecule has 0 saturated heterocycles. The number of hydrogen-bond acceptors (Lipinski definition) is 2. The van der Waals surface area contributed by atoms with Crippen molar-refractivity contribution >= 4 is 0 Å². The Kier molecular flexibility index (Phi) is 1.11. The second kappa shape index (κ2) is 7.22. The van der Waals surface area contributed by atoms with Crippen molar-refractivity contribution in [2.75, 3.05) is 27.0 Å². The molecule has 2 aromatic carbocycles. The fraction of sp³-hybridized carbons (Fsp3) is 0.333. The maximum absolute atomic E-state index is 9.17. The topological polar surface area (TPSA) is 12.5 Å². The van der Waals surface area contributed by atoms with Crippen molar-refractivity contribution in [2.45, 2.75) is 12.9 Å². The van der Waals surface area contributed by atoms with Gasteiger partial charge < -0.3 is 9.64 Å². The molecule has 106 valence electrons. The molecule has 0 bridgehead atoms. The van der Waals surface area contributed by atoms with Crippen LogP contribution in [0.4, 0.5) is 0 Å². The third-order valence-corrected chi connectivity index (χ3v) is 1.95. The monoisotopic (exact) mass is 292 g/mol. The van der Waals surface area contributed by atoms with E-state index in [1.54, 1.807) is 0 Å². The first kappa shape index (κ1) is 3.08. The van der Waals surface area contributed by atoms with E-state index < -0.39 is 116 Å². The Morgan fingerprint density at radius 1 is 1.20 bits per heavy atom. The Morgan fingerprint density at radius 2 is 1.95 bits per heavy atom. The van der Waals surface area contributed by atoms with Crippen molar-refractivity contribution < 1.29 is 36.3 Å². The van der Waals surface area contributed by atoms with Gasteiger partial charge in [0.25, 0.3) is 0 Å². The lowest BCUT2D eigenvalue weighted by Crippen LogP contribution is -2.20. The third-order valence-electron chi connectivity index (χ3n) is 1.95. The molecule has 1 unspecified atom stereocenters. The summed E-state index contributed by atoms with van der Waals surface area (Å²) in [5.74, 6) is 0. The lowest BCUT2D eigenvalue weighted by molar-refractivity contribution is 0.0683. The highest BCUT2D eigenvalue weighted by molar-refractivity contribution is 5.35. The quantitative estimate of drug-likeness (QED) is 0.805. The highest BCUT2D eigenvalue weighted by Crippen LogP contribution is 2.28. The summed E-state index contributed by atoms with van der Waals surface area (Å²) in [5, 5.41) is 0. The van der Waals surface area contributed by atoms with Gasteiger partial charge in [0.15, 0.2) is 0 Å².